The highest BCUT2D eigenvalue weighted by atomic mass is 79.9. The molecule has 0 aromatic rings. The Morgan fingerprint density at radius 3 is 2.12 bits per heavy atom. The summed E-state index contributed by atoms with van der Waals surface area (Å²) in [6.07, 6.45) is 0. The van der Waals surface area contributed by atoms with E-state index in [4.69, 9.17) is 0 Å². The molecule has 0 N–H and O–H groups in total. The Balaban J connectivity index is 3.82. The quantitative estimate of drug-likeness (QED) is 0.453. The number of hydrogen-bond donors (Lipinski definition) is 0. The van der Waals surface area contributed by atoms with E-state index >= 15 is 0 Å². The molecule has 0 bridgehead atoms. The first kappa shape index (κ1) is 8.15. The lowest BCUT2D eigenvalue weighted by Crippen LogP contribution is -2.15. The maximum absolute atomic E-state index is 12.7. The van der Waals surface area contributed by atoms with Crippen molar-refractivity contribution in [1.29, 1.82) is 0 Å². The molecule has 0 aliphatic rings. The molecule has 0 nitrogen and oxygen atoms in total. The average molecular weight is 181 g/mol. The summed E-state index contributed by atoms with van der Waals surface area (Å²) in [5, 5.41) is 0.538. The van der Waals surface area contributed by atoms with Crippen LogP contribution in [0.5, 0.6) is 0 Å². The van der Waals surface area contributed by atoms with Gasteiger partial charge >= 0.3 is 0 Å². The van der Waals surface area contributed by atoms with Gasteiger partial charge in [-0.05, 0) is 19.4 Å². The molecule has 0 aromatic heterocycles. The van der Waals surface area contributed by atoms with Gasteiger partial charge in [0.05, 0.1) is 0 Å². The average Bonchev–Trinajstić information content (AvgIpc) is 1.62. The van der Waals surface area contributed by atoms with E-state index in [9.17, 15) is 4.39 Å². The zero-order valence-electron chi connectivity index (χ0n) is 5.17. The minimum atomic E-state index is -1.23. The summed E-state index contributed by atoms with van der Waals surface area (Å²) < 4.78 is 12.7. The van der Waals surface area contributed by atoms with E-state index in [0.29, 0.717) is 10.9 Å². The fourth-order valence-corrected chi connectivity index (χ4v) is 0.826. The third-order valence-corrected chi connectivity index (χ3v) is 1.68. The summed E-state index contributed by atoms with van der Waals surface area (Å²) in [4.78, 5) is 0. The minimum Gasteiger partial charge on any atom is -0.240 e. The van der Waals surface area contributed by atoms with Crippen LogP contribution in [0.1, 0.15) is 13.8 Å². The van der Waals surface area contributed by atoms with Gasteiger partial charge in [-0.1, -0.05) is 22.5 Å². The fraction of sp³-hybridized carbons (Fsp3) is 0.667. The van der Waals surface area contributed by atoms with Crippen LogP contribution >= 0.6 is 15.9 Å². The van der Waals surface area contributed by atoms with Crippen LogP contribution in [0.2, 0.25) is 0 Å². The summed E-state index contributed by atoms with van der Waals surface area (Å²) in [6.45, 7) is 6.52. The van der Waals surface area contributed by atoms with Crippen molar-refractivity contribution in [2.75, 3.05) is 5.33 Å². The number of hydrogen-bond acceptors (Lipinski definition) is 0. The standard InChI is InChI=1S/C6H10BrF/c1-5(4-7)6(2,3)8/h1,4H2,2-3H3. The van der Waals surface area contributed by atoms with Crippen molar-refractivity contribution in [3.05, 3.63) is 12.2 Å². The molecule has 0 spiro atoms. The summed E-state index contributed by atoms with van der Waals surface area (Å²) in [5.74, 6) is 0. The summed E-state index contributed by atoms with van der Waals surface area (Å²) in [6, 6.07) is 0. The second-order valence-corrected chi connectivity index (χ2v) is 2.77. The first-order valence-corrected chi connectivity index (χ1v) is 3.53. The van der Waals surface area contributed by atoms with Crippen molar-refractivity contribution in [2.45, 2.75) is 19.5 Å². The molecule has 8 heavy (non-hydrogen) atoms. The van der Waals surface area contributed by atoms with Crippen molar-refractivity contribution in [3.8, 4) is 0 Å². The second-order valence-electron chi connectivity index (χ2n) is 2.21. The highest BCUT2D eigenvalue weighted by molar-refractivity contribution is 9.09. The predicted octanol–water partition coefficient (Wildman–Crippen LogP) is 2.69. The number of allylic oxidation sites excluding steroid dienone is 1. The van der Waals surface area contributed by atoms with Gasteiger partial charge in [0, 0.05) is 5.33 Å². The Labute approximate surface area is 57.9 Å². The number of alkyl halides is 2. The summed E-state index contributed by atoms with van der Waals surface area (Å²) in [7, 11) is 0. The van der Waals surface area contributed by atoms with Crippen LogP contribution in [-0.2, 0) is 0 Å². The Hall–Kier alpha value is 0.150. The third-order valence-electron chi connectivity index (χ3n) is 1.00. The van der Waals surface area contributed by atoms with E-state index in [2.05, 4.69) is 22.5 Å². The predicted molar refractivity (Wildman–Crippen MR) is 38.1 cm³/mol. The highest BCUT2D eigenvalue weighted by Crippen LogP contribution is 2.19. The molecule has 0 saturated carbocycles. The molecule has 0 aromatic carbocycles. The van der Waals surface area contributed by atoms with Crippen LogP contribution in [0.15, 0.2) is 12.2 Å². The van der Waals surface area contributed by atoms with Gasteiger partial charge in [0.1, 0.15) is 5.67 Å². The van der Waals surface area contributed by atoms with Crippen molar-refractivity contribution in [3.63, 3.8) is 0 Å². The topological polar surface area (TPSA) is 0 Å². The molecule has 0 amide bonds. The lowest BCUT2D eigenvalue weighted by Gasteiger charge is -2.14. The zero-order valence-corrected chi connectivity index (χ0v) is 6.76. The van der Waals surface area contributed by atoms with E-state index in [1.807, 2.05) is 0 Å². The van der Waals surface area contributed by atoms with Gasteiger partial charge < -0.3 is 0 Å². The van der Waals surface area contributed by atoms with Crippen LogP contribution in [0.25, 0.3) is 0 Å². The molecule has 48 valence electrons. The molecule has 0 fully saturated rings. The fourth-order valence-electron chi connectivity index (χ4n) is 0.159. The van der Waals surface area contributed by atoms with Crippen molar-refractivity contribution < 1.29 is 4.39 Å². The normalized spacial score (nSPS) is 11.5. The molecule has 2 heteroatoms. The SMILES string of the molecule is C=C(CBr)C(C)(C)F. The van der Waals surface area contributed by atoms with E-state index in [0.717, 1.165) is 0 Å². The van der Waals surface area contributed by atoms with Crippen molar-refractivity contribution in [1.82, 2.24) is 0 Å². The van der Waals surface area contributed by atoms with E-state index < -0.39 is 5.67 Å². The molecule has 0 radical (unpaired) electrons. The van der Waals surface area contributed by atoms with Crippen molar-refractivity contribution in [2.24, 2.45) is 0 Å². The Kier molecular flexibility index (Phi) is 2.67. The lowest BCUT2D eigenvalue weighted by molar-refractivity contribution is 0.270. The first-order valence-electron chi connectivity index (χ1n) is 2.41. The Bertz CT molecular complexity index is 91.2. The molecule has 0 aliphatic heterocycles. The zero-order chi connectivity index (χ0) is 6.78. The third kappa shape index (κ3) is 2.46. The molecule has 0 atom stereocenters. The molecule has 0 rings (SSSR count). The van der Waals surface area contributed by atoms with Gasteiger partial charge in [-0.2, -0.15) is 0 Å². The van der Waals surface area contributed by atoms with Crippen LogP contribution < -0.4 is 0 Å². The maximum Gasteiger partial charge on any atom is 0.127 e. The van der Waals surface area contributed by atoms with Gasteiger partial charge in [0.25, 0.3) is 0 Å². The smallest absolute Gasteiger partial charge is 0.127 e. The summed E-state index contributed by atoms with van der Waals surface area (Å²) >= 11 is 3.11. The maximum atomic E-state index is 12.7. The lowest BCUT2D eigenvalue weighted by atomic mass is 10.0. The monoisotopic (exact) mass is 180 g/mol. The van der Waals surface area contributed by atoms with Gasteiger partial charge in [-0.25, -0.2) is 4.39 Å². The largest absolute Gasteiger partial charge is 0.240 e. The van der Waals surface area contributed by atoms with Crippen molar-refractivity contribution >= 4 is 15.9 Å². The van der Waals surface area contributed by atoms with Gasteiger partial charge in [-0.3, -0.25) is 0 Å². The van der Waals surface area contributed by atoms with E-state index in [1.54, 1.807) is 0 Å². The molecule has 0 unspecified atom stereocenters. The van der Waals surface area contributed by atoms with Gasteiger partial charge in [0.15, 0.2) is 0 Å². The molecule has 0 heterocycles. The van der Waals surface area contributed by atoms with Crippen LogP contribution in [0.4, 0.5) is 4.39 Å². The van der Waals surface area contributed by atoms with E-state index in [1.165, 1.54) is 13.8 Å². The number of halogens is 2. The second kappa shape index (κ2) is 2.62. The Morgan fingerprint density at radius 2 is 2.12 bits per heavy atom. The van der Waals surface area contributed by atoms with Crippen LogP contribution in [-0.4, -0.2) is 11.0 Å². The molecule has 0 aliphatic carbocycles. The molecular weight excluding hydrogens is 171 g/mol. The summed E-state index contributed by atoms with van der Waals surface area (Å²) in [5.41, 5.74) is -0.652. The molecule has 0 saturated heterocycles. The van der Waals surface area contributed by atoms with E-state index in [-0.39, 0.29) is 0 Å². The van der Waals surface area contributed by atoms with Gasteiger partial charge in [0.2, 0.25) is 0 Å². The molecular formula is C6H10BrF. The van der Waals surface area contributed by atoms with Crippen LogP contribution in [0, 0.1) is 0 Å². The first-order chi connectivity index (χ1) is 3.48. The highest BCUT2D eigenvalue weighted by Gasteiger charge is 2.17. The minimum absolute atomic E-state index is 0.538. The van der Waals surface area contributed by atoms with Gasteiger partial charge in [-0.15, -0.1) is 0 Å². The number of rotatable bonds is 2. The Morgan fingerprint density at radius 1 is 1.75 bits per heavy atom. The van der Waals surface area contributed by atoms with Crippen LogP contribution in [0.3, 0.4) is 0 Å².